The summed E-state index contributed by atoms with van der Waals surface area (Å²) >= 11 is 0. The zero-order valence-corrected chi connectivity index (χ0v) is 16.2. The predicted molar refractivity (Wildman–Crippen MR) is 108 cm³/mol. The Kier molecular flexibility index (Phi) is 6.95. The van der Waals surface area contributed by atoms with E-state index in [2.05, 4.69) is 5.16 Å². The monoisotopic (exact) mass is 415 g/mol. The van der Waals surface area contributed by atoms with Gasteiger partial charge in [0.1, 0.15) is 13.2 Å². The summed E-state index contributed by atoms with van der Waals surface area (Å²) in [5, 5.41) is 3.84. The molecule has 0 heterocycles. The minimum Gasteiger partial charge on any atom is -0.493 e. The zero-order valence-electron chi connectivity index (χ0n) is 16.2. The van der Waals surface area contributed by atoms with Crippen molar-refractivity contribution in [2.75, 3.05) is 7.11 Å². The number of halogens is 3. The Hall–Kier alpha value is -3.48. The third kappa shape index (κ3) is 6.01. The molecule has 0 atom stereocenters. The summed E-state index contributed by atoms with van der Waals surface area (Å²) in [5.41, 5.74) is 1.37. The largest absolute Gasteiger partial charge is 0.493 e. The fourth-order valence-electron chi connectivity index (χ4n) is 2.67. The van der Waals surface area contributed by atoms with E-state index in [0.717, 1.165) is 17.7 Å². The van der Waals surface area contributed by atoms with Gasteiger partial charge in [-0.1, -0.05) is 47.6 Å². The number of ether oxygens (including phenoxy) is 2. The van der Waals surface area contributed by atoms with Crippen molar-refractivity contribution in [3.05, 3.63) is 95.1 Å². The van der Waals surface area contributed by atoms with Gasteiger partial charge in [-0.15, -0.1) is 0 Å². The lowest BCUT2D eigenvalue weighted by Gasteiger charge is -2.11. The molecule has 0 aliphatic heterocycles. The fourth-order valence-corrected chi connectivity index (χ4v) is 2.67. The molecule has 156 valence electrons. The normalized spacial score (nSPS) is 11.5. The average molecular weight is 415 g/mol. The Morgan fingerprint density at radius 1 is 0.833 bits per heavy atom. The highest BCUT2D eigenvalue weighted by atomic mass is 19.4. The molecule has 3 rings (SSSR count). The average Bonchev–Trinajstić information content (AvgIpc) is 2.76. The molecule has 0 saturated heterocycles. The highest BCUT2D eigenvalue weighted by Gasteiger charge is 2.30. The summed E-state index contributed by atoms with van der Waals surface area (Å²) in [7, 11) is 1.55. The molecule has 30 heavy (non-hydrogen) atoms. The Morgan fingerprint density at radius 2 is 1.60 bits per heavy atom. The smallest absolute Gasteiger partial charge is 0.416 e. The lowest BCUT2D eigenvalue weighted by Crippen LogP contribution is -2.05. The predicted octanol–water partition coefficient (Wildman–Crippen LogP) is 5.84. The van der Waals surface area contributed by atoms with Crippen LogP contribution < -0.4 is 9.47 Å². The molecule has 0 aliphatic carbocycles. The molecule has 0 fully saturated rings. The second kappa shape index (κ2) is 9.82. The van der Waals surface area contributed by atoms with E-state index in [9.17, 15) is 13.2 Å². The van der Waals surface area contributed by atoms with Gasteiger partial charge in [0.05, 0.1) is 18.9 Å². The van der Waals surface area contributed by atoms with Crippen LogP contribution in [0, 0.1) is 0 Å². The Morgan fingerprint density at radius 3 is 2.33 bits per heavy atom. The minimum atomic E-state index is -4.39. The lowest BCUT2D eigenvalue weighted by molar-refractivity contribution is -0.137. The summed E-state index contributed by atoms with van der Waals surface area (Å²) in [4.78, 5) is 5.15. The highest BCUT2D eigenvalue weighted by molar-refractivity contribution is 5.80. The third-order valence-electron chi connectivity index (χ3n) is 4.19. The van der Waals surface area contributed by atoms with Crippen LogP contribution in [0.2, 0.25) is 0 Å². The maximum atomic E-state index is 12.8. The molecule has 0 saturated carbocycles. The van der Waals surface area contributed by atoms with Crippen LogP contribution in [0.25, 0.3) is 0 Å². The first kappa shape index (κ1) is 21.2. The summed E-state index contributed by atoms with van der Waals surface area (Å²) in [6.45, 7) is 0.303. The van der Waals surface area contributed by atoms with E-state index >= 15 is 0 Å². The molecule has 3 aromatic rings. The quantitative estimate of drug-likeness (QED) is 0.343. The van der Waals surface area contributed by atoms with Gasteiger partial charge in [0.15, 0.2) is 11.5 Å². The van der Waals surface area contributed by atoms with Crippen molar-refractivity contribution in [2.24, 2.45) is 5.16 Å². The molecule has 0 amide bonds. The Bertz CT molecular complexity index is 988. The summed E-state index contributed by atoms with van der Waals surface area (Å²) in [6, 6.07) is 19.9. The number of methoxy groups -OCH3 is 1. The molecule has 0 aromatic heterocycles. The van der Waals surface area contributed by atoms with E-state index in [1.807, 2.05) is 30.3 Å². The zero-order chi connectivity index (χ0) is 21.4. The molecule has 0 bridgehead atoms. The number of oxime groups is 1. The van der Waals surface area contributed by atoms with Gasteiger partial charge < -0.3 is 14.3 Å². The van der Waals surface area contributed by atoms with E-state index < -0.39 is 11.7 Å². The molecular formula is C23H20F3NO3. The van der Waals surface area contributed by atoms with Crippen molar-refractivity contribution in [3.63, 3.8) is 0 Å². The third-order valence-corrected chi connectivity index (χ3v) is 4.19. The van der Waals surface area contributed by atoms with Crippen LogP contribution in [0.4, 0.5) is 13.2 Å². The second-order valence-corrected chi connectivity index (χ2v) is 6.39. The van der Waals surface area contributed by atoms with E-state index in [1.54, 1.807) is 31.4 Å². The molecular weight excluding hydrogens is 395 g/mol. The summed E-state index contributed by atoms with van der Waals surface area (Å²) in [5.74, 6) is 1.12. The van der Waals surface area contributed by atoms with Crippen LogP contribution in [0.5, 0.6) is 11.5 Å². The van der Waals surface area contributed by atoms with E-state index in [0.29, 0.717) is 29.2 Å². The van der Waals surface area contributed by atoms with Gasteiger partial charge in [0.25, 0.3) is 0 Å². The molecule has 0 N–H and O–H groups in total. The standard InChI is InChI=1S/C23H20F3NO3/c1-28-21-11-10-18(13-22(21)29-15-17-6-3-2-4-7-17)14-27-30-16-19-8-5-9-20(12-19)23(24,25)26/h2-14H,15-16H2,1H3/b27-14+. The van der Waals surface area contributed by atoms with Gasteiger partial charge in [-0.2, -0.15) is 13.2 Å². The number of nitrogens with zero attached hydrogens (tertiary/aromatic N) is 1. The van der Waals surface area contributed by atoms with Gasteiger partial charge >= 0.3 is 6.18 Å². The Labute approximate surface area is 172 Å². The van der Waals surface area contributed by atoms with Gasteiger partial charge in [0, 0.05) is 5.56 Å². The molecule has 0 radical (unpaired) electrons. The SMILES string of the molecule is COc1ccc(/C=N/OCc2cccc(C(F)(F)F)c2)cc1OCc1ccccc1. The second-order valence-electron chi connectivity index (χ2n) is 6.39. The van der Waals surface area contributed by atoms with Gasteiger partial charge in [0.2, 0.25) is 0 Å². The molecule has 0 unspecified atom stereocenters. The number of rotatable bonds is 8. The van der Waals surface area contributed by atoms with Crippen LogP contribution in [-0.2, 0) is 24.2 Å². The minimum absolute atomic E-state index is 0.0755. The lowest BCUT2D eigenvalue weighted by atomic mass is 10.1. The van der Waals surface area contributed by atoms with Crippen molar-refractivity contribution >= 4 is 6.21 Å². The molecule has 7 heteroatoms. The highest BCUT2D eigenvalue weighted by Crippen LogP contribution is 2.30. The maximum absolute atomic E-state index is 12.8. The topological polar surface area (TPSA) is 40.0 Å². The van der Waals surface area contributed by atoms with Gasteiger partial charge in [-0.25, -0.2) is 0 Å². The van der Waals surface area contributed by atoms with Crippen LogP contribution in [0.1, 0.15) is 22.3 Å². The molecule has 0 aliphatic rings. The first-order chi connectivity index (χ1) is 14.5. The van der Waals surface area contributed by atoms with Crippen LogP contribution in [0.15, 0.2) is 78.0 Å². The molecule has 4 nitrogen and oxygen atoms in total. The molecule has 3 aromatic carbocycles. The first-order valence-electron chi connectivity index (χ1n) is 9.12. The molecule has 0 spiro atoms. The van der Waals surface area contributed by atoms with Crippen molar-refractivity contribution in [1.82, 2.24) is 0 Å². The first-order valence-corrected chi connectivity index (χ1v) is 9.12. The summed E-state index contributed by atoms with van der Waals surface area (Å²) < 4.78 is 49.4. The van der Waals surface area contributed by atoms with Gasteiger partial charge in [-0.3, -0.25) is 0 Å². The van der Waals surface area contributed by atoms with Crippen LogP contribution >= 0.6 is 0 Å². The number of hydrogen-bond acceptors (Lipinski definition) is 4. The Balaban J connectivity index is 1.61. The van der Waals surface area contributed by atoms with E-state index in [4.69, 9.17) is 14.3 Å². The van der Waals surface area contributed by atoms with Crippen LogP contribution in [-0.4, -0.2) is 13.3 Å². The van der Waals surface area contributed by atoms with Crippen molar-refractivity contribution in [2.45, 2.75) is 19.4 Å². The van der Waals surface area contributed by atoms with Crippen molar-refractivity contribution < 1.29 is 27.5 Å². The van der Waals surface area contributed by atoms with Crippen molar-refractivity contribution in [1.29, 1.82) is 0 Å². The number of benzene rings is 3. The van der Waals surface area contributed by atoms with Gasteiger partial charge in [-0.05, 0) is 41.5 Å². The van der Waals surface area contributed by atoms with E-state index in [-0.39, 0.29) is 6.61 Å². The summed E-state index contributed by atoms with van der Waals surface area (Å²) in [6.07, 6.45) is -2.93. The fraction of sp³-hybridized carbons (Fsp3) is 0.174. The maximum Gasteiger partial charge on any atom is 0.416 e. The van der Waals surface area contributed by atoms with Crippen LogP contribution in [0.3, 0.4) is 0 Å². The number of hydrogen-bond donors (Lipinski definition) is 0. The van der Waals surface area contributed by atoms with Crippen molar-refractivity contribution in [3.8, 4) is 11.5 Å². The van der Waals surface area contributed by atoms with E-state index in [1.165, 1.54) is 12.3 Å². The number of alkyl halides is 3.